The summed E-state index contributed by atoms with van der Waals surface area (Å²) in [6, 6.07) is 16.2. The summed E-state index contributed by atoms with van der Waals surface area (Å²) in [5.74, 6) is -0.108. The third-order valence-electron chi connectivity index (χ3n) is 5.29. The minimum atomic E-state index is -0.0773. The number of nitrogens with zero attached hydrogens (tertiary/aromatic N) is 2. The average molecular weight is 380 g/mol. The molecule has 0 aromatic heterocycles. The van der Waals surface area contributed by atoms with Gasteiger partial charge in [0.2, 0.25) is 11.8 Å². The predicted molar refractivity (Wildman–Crippen MR) is 112 cm³/mol. The van der Waals surface area contributed by atoms with Crippen LogP contribution in [0.1, 0.15) is 18.1 Å². The average Bonchev–Trinajstić information content (AvgIpc) is 2.68. The molecular weight excluding hydrogens is 352 g/mol. The molecule has 2 amide bonds. The van der Waals surface area contributed by atoms with Crippen molar-refractivity contribution in [2.24, 2.45) is 0 Å². The molecule has 1 aliphatic rings. The zero-order valence-electron chi connectivity index (χ0n) is 16.7. The number of anilines is 2. The standard InChI is InChI=1S/C22H28N4O2/c1-16(27)26(3)20-10-8-19(9-11-20)24-22(28)14-23-13-21-12-17-6-4-5-7-18(17)15-25(21)2/h4-11,21,23H,12-15H2,1-3H3,(H,24,28). The van der Waals surface area contributed by atoms with Crippen LogP contribution in [-0.2, 0) is 22.6 Å². The van der Waals surface area contributed by atoms with Gasteiger partial charge in [0, 0.05) is 44.5 Å². The van der Waals surface area contributed by atoms with Crippen LogP contribution in [0.25, 0.3) is 0 Å². The third kappa shape index (κ3) is 4.97. The minimum Gasteiger partial charge on any atom is -0.325 e. The van der Waals surface area contributed by atoms with Crippen molar-refractivity contribution in [1.29, 1.82) is 0 Å². The highest BCUT2D eigenvalue weighted by atomic mass is 16.2. The summed E-state index contributed by atoms with van der Waals surface area (Å²) < 4.78 is 0. The van der Waals surface area contributed by atoms with Crippen molar-refractivity contribution < 1.29 is 9.59 Å². The zero-order chi connectivity index (χ0) is 20.1. The predicted octanol–water partition coefficient (Wildman–Crippen LogP) is 2.25. The SMILES string of the molecule is CC(=O)N(C)c1ccc(NC(=O)CNCC2Cc3ccccc3CN2C)cc1. The fraction of sp³-hybridized carbons (Fsp3) is 0.364. The van der Waals surface area contributed by atoms with Crippen LogP contribution in [0.4, 0.5) is 11.4 Å². The number of likely N-dealkylation sites (N-methyl/N-ethyl adjacent to an activating group) is 1. The number of amides is 2. The van der Waals surface area contributed by atoms with E-state index < -0.39 is 0 Å². The number of rotatable bonds is 6. The van der Waals surface area contributed by atoms with Crippen molar-refractivity contribution >= 4 is 23.2 Å². The van der Waals surface area contributed by atoms with Crippen LogP contribution in [0.2, 0.25) is 0 Å². The highest BCUT2D eigenvalue weighted by molar-refractivity contribution is 5.93. The molecule has 0 saturated carbocycles. The summed E-state index contributed by atoms with van der Waals surface area (Å²) in [6.45, 7) is 3.49. The summed E-state index contributed by atoms with van der Waals surface area (Å²) in [7, 11) is 3.85. The van der Waals surface area contributed by atoms with Gasteiger partial charge in [-0.05, 0) is 48.9 Å². The number of nitrogens with one attached hydrogen (secondary N) is 2. The van der Waals surface area contributed by atoms with Crippen LogP contribution in [0.5, 0.6) is 0 Å². The largest absolute Gasteiger partial charge is 0.325 e. The Kier molecular flexibility index (Phi) is 6.44. The van der Waals surface area contributed by atoms with Crippen LogP contribution in [-0.4, -0.2) is 49.9 Å². The molecule has 1 heterocycles. The lowest BCUT2D eigenvalue weighted by Gasteiger charge is -2.34. The number of hydrogen-bond acceptors (Lipinski definition) is 4. The van der Waals surface area contributed by atoms with E-state index in [2.05, 4.69) is 46.8 Å². The minimum absolute atomic E-state index is 0.0312. The lowest BCUT2D eigenvalue weighted by atomic mass is 9.94. The number of carbonyl (C=O) groups excluding carboxylic acids is 2. The molecule has 6 nitrogen and oxygen atoms in total. The van der Waals surface area contributed by atoms with E-state index in [0.717, 1.165) is 30.9 Å². The summed E-state index contributed by atoms with van der Waals surface area (Å²) >= 11 is 0. The summed E-state index contributed by atoms with van der Waals surface area (Å²) in [4.78, 5) is 27.5. The molecule has 0 fully saturated rings. The van der Waals surface area contributed by atoms with Crippen molar-refractivity contribution in [1.82, 2.24) is 10.2 Å². The van der Waals surface area contributed by atoms with Crippen LogP contribution in [0.15, 0.2) is 48.5 Å². The van der Waals surface area contributed by atoms with E-state index in [1.54, 1.807) is 24.1 Å². The first-order chi connectivity index (χ1) is 13.4. The van der Waals surface area contributed by atoms with E-state index in [0.29, 0.717) is 6.04 Å². The molecule has 0 aliphatic carbocycles. The molecular formula is C22H28N4O2. The molecule has 0 bridgehead atoms. The Balaban J connectivity index is 1.45. The van der Waals surface area contributed by atoms with Gasteiger partial charge in [-0.2, -0.15) is 0 Å². The van der Waals surface area contributed by atoms with E-state index in [-0.39, 0.29) is 18.4 Å². The maximum Gasteiger partial charge on any atom is 0.238 e. The number of hydrogen-bond donors (Lipinski definition) is 2. The van der Waals surface area contributed by atoms with Gasteiger partial charge >= 0.3 is 0 Å². The Hall–Kier alpha value is -2.70. The third-order valence-corrected chi connectivity index (χ3v) is 5.29. The molecule has 148 valence electrons. The van der Waals surface area contributed by atoms with E-state index in [4.69, 9.17) is 0 Å². The zero-order valence-corrected chi connectivity index (χ0v) is 16.7. The Labute approximate surface area is 166 Å². The van der Waals surface area contributed by atoms with Gasteiger partial charge in [0.15, 0.2) is 0 Å². The molecule has 1 aliphatic heterocycles. The molecule has 0 radical (unpaired) electrons. The van der Waals surface area contributed by atoms with E-state index in [1.807, 2.05) is 12.1 Å². The van der Waals surface area contributed by atoms with Gasteiger partial charge in [0.05, 0.1) is 6.54 Å². The van der Waals surface area contributed by atoms with Crippen molar-refractivity contribution in [2.75, 3.05) is 37.4 Å². The fourth-order valence-electron chi connectivity index (χ4n) is 3.45. The first-order valence-corrected chi connectivity index (χ1v) is 9.56. The molecule has 6 heteroatoms. The summed E-state index contributed by atoms with van der Waals surface area (Å²) in [5.41, 5.74) is 4.30. The van der Waals surface area contributed by atoms with Gasteiger partial charge in [-0.15, -0.1) is 0 Å². The van der Waals surface area contributed by atoms with Crippen LogP contribution < -0.4 is 15.5 Å². The van der Waals surface area contributed by atoms with Gasteiger partial charge in [0.25, 0.3) is 0 Å². The van der Waals surface area contributed by atoms with Gasteiger partial charge < -0.3 is 15.5 Å². The quantitative estimate of drug-likeness (QED) is 0.807. The van der Waals surface area contributed by atoms with Crippen LogP contribution in [0, 0.1) is 0 Å². The van der Waals surface area contributed by atoms with Gasteiger partial charge in [-0.25, -0.2) is 0 Å². The first kappa shape index (κ1) is 20.0. The van der Waals surface area contributed by atoms with Crippen LogP contribution >= 0.6 is 0 Å². The summed E-state index contributed by atoms with van der Waals surface area (Å²) in [6.07, 6.45) is 0.992. The molecule has 28 heavy (non-hydrogen) atoms. The highest BCUT2D eigenvalue weighted by Crippen LogP contribution is 2.21. The Morgan fingerprint density at radius 2 is 1.79 bits per heavy atom. The fourth-order valence-corrected chi connectivity index (χ4v) is 3.45. The van der Waals surface area contributed by atoms with E-state index in [9.17, 15) is 9.59 Å². The van der Waals surface area contributed by atoms with Crippen molar-refractivity contribution in [2.45, 2.75) is 25.9 Å². The van der Waals surface area contributed by atoms with Crippen LogP contribution in [0.3, 0.4) is 0 Å². The van der Waals surface area contributed by atoms with E-state index in [1.165, 1.54) is 18.1 Å². The van der Waals surface area contributed by atoms with Gasteiger partial charge in [-0.1, -0.05) is 24.3 Å². The second-order valence-corrected chi connectivity index (χ2v) is 7.35. The van der Waals surface area contributed by atoms with Crippen molar-refractivity contribution in [3.8, 4) is 0 Å². The Morgan fingerprint density at radius 1 is 1.11 bits per heavy atom. The molecule has 2 N–H and O–H groups in total. The monoisotopic (exact) mass is 380 g/mol. The molecule has 0 saturated heterocycles. The molecule has 1 atom stereocenters. The lowest BCUT2D eigenvalue weighted by molar-refractivity contribution is -0.116. The Morgan fingerprint density at radius 3 is 2.46 bits per heavy atom. The molecule has 2 aromatic carbocycles. The van der Waals surface area contributed by atoms with Crippen molar-refractivity contribution in [3.05, 3.63) is 59.7 Å². The Bertz CT molecular complexity index is 835. The van der Waals surface area contributed by atoms with Gasteiger partial charge in [0.1, 0.15) is 0 Å². The smallest absolute Gasteiger partial charge is 0.238 e. The first-order valence-electron chi connectivity index (χ1n) is 9.56. The number of carbonyl (C=O) groups is 2. The maximum absolute atomic E-state index is 12.2. The molecule has 1 unspecified atom stereocenters. The molecule has 0 spiro atoms. The second-order valence-electron chi connectivity index (χ2n) is 7.35. The number of fused-ring (bicyclic) bond motifs is 1. The van der Waals surface area contributed by atoms with Gasteiger partial charge in [-0.3, -0.25) is 14.5 Å². The normalized spacial score (nSPS) is 16.3. The highest BCUT2D eigenvalue weighted by Gasteiger charge is 2.22. The summed E-state index contributed by atoms with van der Waals surface area (Å²) in [5, 5.41) is 6.16. The molecule has 3 rings (SSSR count). The van der Waals surface area contributed by atoms with Crippen molar-refractivity contribution in [3.63, 3.8) is 0 Å². The lowest BCUT2D eigenvalue weighted by Crippen LogP contribution is -2.45. The maximum atomic E-state index is 12.2. The second kappa shape index (κ2) is 8.99. The topological polar surface area (TPSA) is 64.7 Å². The van der Waals surface area contributed by atoms with E-state index >= 15 is 0 Å². The molecule has 2 aromatic rings. The number of benzene rings is 2.